The summed E-state index contributed by atoms with van der Waals surface area (Å²) in [6.45, 7) is 0. The lowest BCUT2D eigenvalue weighted by atomic mass is 10.2. The zero-order valence-corrected chi connectivity index (χ0v) is 9.71. The number of hydrogen-bond acceptors (Lipinski definition) is 3. The van der Waals surface area contributed by atoms with Crippen molar-refractivity contribution in [1.82, 2.24) is 0 Å². The van der Waals surface area contributed by atoms with Crippen molar-refractivity contribution in [3.05, 3.63) is 24.3 Å². The molecule has 4 nitrogen and oxygen atoms in total. The van der Waals surface area contributed by atoms with Gasteiger partial charge in [0.15, 0.2) is 0 Å². The van der Waals surface area contributed by atoms with E-state index >= 15 is 0 Å². The molecule has 5 heteroatoms. The molecule has 0 bridgehead atoms. The summed E-state index contributed by atoms with van der Waals surface area (Å²) in [6, 6.07) is 7.39. The fraction of sp³-hybridized carbons (Fsp3) is 0.273. The van der Waals surface area contributed by atoms with Crippen LogP contribution in [0.2, 0.25) is 0 Å². The highest BCUT2D eigenvalue weighted by molar-refractivity contribution is 7.98. The smallest absolute Gasteiger partial charge is 0.303 e. The predicted octanol–water partition coefficient (Wildman–Crippen LogP) is 2.21. The molecule has 0 aliphatic heterocycles. The van der Waals surface area contributed by atoms with Crippen LogP contribution in [-0.4, -0.2) is 23.2 Å². The van der Waals surface area contributed by atoms with E-state index in [0.717, 1.165) is 4.90 Å². The highest BCUT2D eigenvalue weighted by Crippen LogP contribution is 2.17. The van der Waals surface area contributed by atoms with Gasteiger partial charge in [0.2, 0.25) is 5.91 Å². The Morgan fingerprint density at radius 3 is 2.38 bits per heavy atom. The fourth-order valence-electron chi connectivity index (χ4n) is 1.12. The van der Waals surface area contributed by atoms with E-state index in [9.17, 15) is 9.59 Å². The Hall–Kier alpha value is -1.49. The average Bonchev–Trinajstić information content (AvgIpc) is 2.27. The molecule has 1 amide bonds. The van der Waals surface area contributed by atoms with Crippen molar-refractivity contribution < 1.29 is 14.7 Å². The van der Waals surface area contributed by atoms with Crippen molar-refractivity contribution in [3.63, 3.8) is 0 Å². The second-order valence-electron chi connectivity index (χ2n) is 3.17. The van der Waals surface area contributed by atoms with Crippen LogP contribution in [0.3, 0.4) is 0 Å². The molecule has 0 aromatic heterocycles. The molecule has 0 fully saturated rings. The Balaban J connectivity index is 2.46. The summed E-state index contributed by atoms with van der Waals surface area (Å²) in [6.07, 6.45) is 1.83. The lowest BCUT2D eigenvalue weighted by Crippen LogP contribution is -2.12. The molecule has 0 heterocycles. The third-order valence-corrected chi connectivity index (χ3v) is 2.68. The minimum atomic E-state index is -0.965. The Labute approximate surface area is 98.0 Å². The quantitative estimate of drug-likeness (QED) is 0.773. The second kappa shape index (κ2) is 6.17. The molecule has 0 atom stereocenters. The predicted molar refractivity (Wildman–Crippen MR) is 63.7 cm³/mol. The number of aliphatic carboxylic acids is 1. The summed E-state index contributed by atoms with van der Waals surface area (Å²) in [5, 5.41) is 11.1. The molecule has 0 spiro atoms. The van der Waals surface area contributed by atoms with E-state index in [1.54, 1.807) is 23.9 Å². The van der Waals surface area contributed by atoms with E-state index in [1.165, 1.54) is 0 Å². The molecule has 0 aliphatic rings. The molecule has 0 radical (unpaired) electrons. The zero-order chi connectivity index (χ0) is 12.0. The molecule has 1 aromatic carbocycles. The number of amides is 1. The van der Waals surface area contributed by atoms with Crippen LogP contribution in [0.15, 0.2) is 29.2 Å². The van der Waals surface area contributed by atoms with Gasteiger partial charge in [0.25, 0.3) is 0 Å². The van der Waals surface area contributed by atoms with E-state index in [1.807, 2.05) is 18.4 Å². The van der Waals surface area contributed by atoms with Crippen molar-refractivity contribution in [1.29, 1.82) is 0 Å². The second-order valence-corrected chi connectivity index (χ2v) is 4.05. The topological polar surface area (TPSA) is 66.4 Å². The first-order valence-corrected chi connectivity index (χ1v) is 6.00. The molecule has 1 rings (SSSR count). The van der Waals surface area contributed by atoms with Gasteiger partial charge in [0, 0.05) is 17.0 Å². The largest absolute Gasteiger partial charge is 0.481 e. The number of carboxylic acids is 1. The summed E-state index contributed by atoms with van der Waals surface area (Å²) in [4.78, 5) is 22.7. The number of carbonyl (C=O) groups excluding carboxylic acids is 1. The molecule has 1 aromatic rings. The number of carboxylic acid groups (broad SMARTS) is 1. The fourth-order valence-corrected chi connectivity index (χ4v) is 1.53. The molecule has 0 saturated heterocycles. The maximum Gasteiger partial charge on any atom is 0.303 e. The first-order valence-electron chi connectivity index (χ1n) is 4.77. The van der Waals surface area contributed by atoms with Crippen LogP contribution in [0, 0.1) is 0 Å². The Morgan fingerprint density at radius 1 is 1.25 bits per heavy atom. The SMILES string of the molecule is CSc1ccc(NC(=O)CCC(=O)O)cc1. The van der Waals surface area contributed by atoms with Crippen molar-refractivity contribution in [2.75, 3.05) is 11.6 Å². The highest BCUT2D eigenvalue weighted by atomic mass is 32.2. The molecular formula is C11H13NO3S. The maximum atomic E-state index is 11.3. The standard InChI is InChI=1S/C11H13NO3S/c1-16-9-4-2-8(3-5-9)12-10(13)6-7-11(14)15/h2-5H,6-7H2,1H3,(H,12,13)(H,14,15). The summed E-state index contributed by atoms with van der Waals surface area (Å²) in [5.41, 5.74) is 0.688. The Bertz CT molecular complexity index is 375. The van der Waals surface area contributed by atoms with Crippen molar-refractivity contribution in [2.24, 2.45) is 0 Å². The third kappa shape index (κ3) is 4.35. The van der Waals surface area contributed by atoms with E-state index in [4.69, 9.17) is 5.11 Å². The van der Waals surface area contributed by atoms with Gasteiger partial charge in [-0.25, -0.2) is 0 Å². The first-order chi connectivity index (χ1) is 7.61. The molecule has 0 aliphatic carbocycles. The van der Waals surface area contributed by atoms with Crippen LogP contribution in [0.5, 0.6) is 0 Å². The Kier molecular flexibility index (Phi) is 4.85. The summed E-state index contributed by atoms with van der Waals surface area (Å²) >= 11 is 1.62. The number of carbonyl (C=O) groups is 2. The number of nitrogens with one attached hydrogen (secondary N) is 1. The monoisotopic (exact) mass is 239 g/mol. The minimum absolute atomic E-state index is 0.000384. The number of rotatable bonds is 5. The minimum Gasteiger partial charge on any atom is -0.481 e. The van der Waals surface area contributed by atoms with Crippen LogP contribution in [-0.2, 0) is 9.59 Å². The molecule has 0 unspecified atom stereocenters. The lowest BCUT2D eigenvalue weighted by molar-refractivity contribution is -0.138. The van der Waals surface area contributed by atoms with Gasteiger partial charge < -0.3 is 10.4 Å². The van der Waals surface area contributed by atoms with Gasteiger partial charge in [-0.3, -0.25) is 9.59 Å². The molecule has 16 heavy (non-hydrogen) atoms. The van der Waals surface area contributed by atoms with E-state index in [0.29, 0.717) is 5.69 Å². The molecular weight excluding hydrogens is 226 g/mol. The lowest BCUT2D eigenvalue weighted by Gasteiger charge is -2.04. The van der Waals surface area contributed by atoms with E-state index in [-0.39, 0.29) is 18.7 Å². The first kappa shape index (κ1) is 12.6. The third-order valence-electron chi connectivity index (χ3n) is 1.94. The number of benzene rings is 1. The van der Waals surface area contributed by atoms with Crippen LogP contribution in [0.25, 0.3) is 0 Å². The van der Waals surface area contributed by atoms with E-state index < -0.39 is 5.97 Å². The number of hydrogen-bond donors (Lipinski definition) is 2. The van der Waals surface area contributed by atoms with Crippen LogP contribution in [0.4, 0.5) is 5.69 Å². The number of anilines is 1. The normalized spacial score (nSPS) is 9.81. The molecule has 2 N–H and O–H groups in total. The van der Waals surface area contributed by atoms with Gasteiger partial charge in [0.05, 0.1) is 6.42 Å². The van der Waals surface area contributed by atoms with Gasteiger partial charge in [-0.2, -0.15) is 0 Å². The number of thioether (sulfide) groups is 1. The van der Waals surface area contributed by atoms with Gasteiger partial charge >= 0.3 is 5.97 Å². The Morgan fingerprint density at radius 2 is 1.88 bits per heavy atom. The maximum absolute atomic E-state index is 11.3. The van der Waals surface area contributed by atoms with Gasteiger partial charge in [-0.15, -0.1) is 11.8 Å². The van der Waals surface area contributed by atoms with Gasteiger partial charge in [0.1, 0.15) is 0 Å². The molecule has 86 valence electrons. The van der Waals surface area contributed by atoms with Gasteiger partial charge in [-0.05, 0) is 30.5 Å². The zero-order valence-electron chi connectivity index (χ0n) is 8.90. The van der Waals surface area contributed by atoms with Gasteiger partial charge in [-0.1, -0.05) is 0 Å². The average molecular weight is 239 g/mol. The van der Waals surface area contributed by atoms with Crippen molar-refractivity contribution >= 4 is 29.3 Å². The van der Waals surface area contributed by atoms with E-state index in [2.05, 4.69) is 5.32 Å². The van der Waals surface area contributed by atoms with Crippen molar-refractivity contribution in [2.45, 2.75) is 17.7 Å². The van der Waals surface area contributed by atoms with Crippen molar-refractivity contribution in [3.8, 4) is 0 Å². The highest BCUT2D eigenvalue weighted by Gasteiger charge is 2.05. The van der Waals surface area contributed by atoms with Crippen LogP contribution in [0.1, 0.15) is 12.8 Å². The molecule has 0 saturated carbocycles. The van der Waals surface area contributed by atoms with Crippen LogP contribution < -0.4 is 5.32 Å². The van der Waals surface area contributed by atoms with Crippen LogP contribution >= 0.6 is 11.8 Å². The summed E-state index contributed by atoms with van der Waals surface area (Å²) in [7, 11) is 0. The summed E-state index contributed by atoms with van der Waals surface area (Å²) in [5.74, 6) is -1.24. The summed E-state index contributed by atoms with van der Waals surface area (Å²) < 4.78 is 0.